The van der Waals surface area contributed by atoms with Crippen molar-refractivity contribution in [3.05, 3.63) is 46.3 Å². The third-order valence-electron chi connectivity index (χ3n) is 2.67. The van der Waals surface area contributed by atoms with Gasteiger partial charge in [0.15, 0.2) is 5.76 Å². The number of nitrogens with one attached hydrogen (secondary N) is 1. The first-order chi connectivity index (χ1) is 9.42. The van der Waals surface area contributed by atoms with E-state index in [-0.39, 0.29) is 18.0 Å². The molecule has 6 nitrogen and oxygen atoms in total. The Morgan fingerprint density at radius 1 is 1.40 bits per heavy atom. The van der Waals surface area contributed by atoms with Crippen molar-refractivity contribution in [2.75, 3.05) is 0 Å². The van der Waals surface area contributed by atoms with Crippen LogP contribution in [0.2, 0.25) is 5.02 Å². The Morgan fingerprint density at radius 2 is 2.15 bits per heavy atom. The molecule has 2 rings (SSSR count). The predicted octanol–water partition coefficient (Wildman–Crippen LogP) is 1.57. The van der Waals surface area contributed by atoms with Crippen LogP contribution in [-0.2, 0) is 23.1 Å². The maximum Gasteiger partial charge on any atom is 0.241 e. The summed E-state index contributed by atoms with van der Waals surface area (Å²) in [6.45, 7) is 2.04. The number of rotatable bonds is 5. The Labute approximate surface area is 122 Å². The highest BCUT2D eigenvalue weighted by molar-refractivity contribution is 7.89. The zero-order valence-corrected chi connectivity index (χ0v) is 12.3. The summed E-state index contributed by atoms with van der Waals surface area (Å²) in [6, 6.07) is 6.09. The number of hydrogen-bond donors (Lipinski definition) is 2. The third-order valence-corrected chi connectivity index (χ3v) is 4.42. The van der Waals surface area contributed by atoms with Crippen molar-refractivity contribution < 1.29 is 12.9 Å². The molecular formula is C12H14ClN3O3S. The van der Waals surface area contributed by atoms with Crippen LogP contribution in [0.4, 0.5) is 0 Å². The standard InChI is InChI=1S/C12H14ClN3O3S/c1-8-4-10(19-16-8)7-15-20(17,18)11-3-2-9(6-14)12(13)5-11/h2-5,15H,6-7,14H2,1H3. The third kappa shape index (κ3) is 3.37. The van der Waals surface area contributed by atoms with Crippen LogP contribution in [0, 0.1) is 6.92 Å². The van der Waals surface area contributed by atoms with Crippen molar-refractivity contribution in [1.29, 1.82) is 0 Å². The van der Waals surface area contributed by atoms with E-state index < -0.39 is 10.0 Å². The van der Waals surface area contributed by atoms with Crippen LogP contribution < -0.4 is 10.5 Å². The van der Waals surface area contributed by atoms with Crippen LogP contribution >= 0.6 is 11.6 Å². The largest absolute Gasteiger partial charge is 0.360 e. The number of sulfonamides is 1. The quantitative estimate of drug-likeness (QED) is 0.872. The molecular weight excluding hydrogens is 302 g/mol. The molecule has 0 saturated heterocycles. The van der Waals surface area contributed by atoms with Crippen LogP contribution in [0.5, 0.6) is 0 Å². The molecule has 1 heterocycles. The van der Waals surface area contributed by atoms with E-state index in [1.807, 2.05) is 0 Å². The molecule has 0 aliphatic rings. The molecule has 0 radical (unpaired) electrons. The number of aromatic nitrogens is 1. The SMILES string of the molecule is Cc1cc(CNS(=O)(=O)c2ccc(CN)c(Cl)c2)on1. The van der Waals surface area contributed by atoms with Crippen LogP contribution in [0.3, 0.4) is 0 Å². The van der Waals surface area contributed by atoms with Gasteiger partial charge in [-0.2, -0.15) is 0 Å². The van der Waals surface area contributed by atoms with E-state index >= 15 is 0 Å². The average molecular weight is 316 g/mol. The fourth-order valence-electron chi connectivity index (χ4n) is 1.61. The van der Waals surface area contributed by atoms with E-state index in [1.165, 1.54) is 12.1 Å². The average Bonchev–Trinajstić information content (AvgIpc) is 2.82. The molecule has 0 spiro atoms. The van der Waals surface area contributed by atoms with Crippen LogP contribution in [0.15, 0.2) is 33.7 Å². The summed E-state index contributed by atoms with van der Waals surface area (Å²) in [5, 5.41) is 4.01. The van der Waals surface area contributed by atoms with E-state index in [9.17, 15) is 8.42 Å². The van der Waals surface area contributed by atoms with E-state index in [4.69, 9.17) is 21.9 Å². The minimum atomic E-state index is -3.66. The molecule has 0 fully saturated rings. The second-order valence-corrected chi connectivity index (χ2v) is 6.39. The Bertz CT molecular complexity index is 712. The molecule has 0 aliphatic heterocycles. The molecule has 0 bridgehead atoms. The molecule has 0 aliphatic carbocycles. The minimum absolute atomic E-state index is 0.0272. The topological polar surface area (TPSA) is 98.2 Å². The number of nitrogens with zero attached hydrogens (tertiary/aromatic N) is 1. The van der Waals surface area contributed by atoms with E-state index in [2.05, 4.69) is 9.88 Å². The van der Waals surface area contributed by atoms with Crippen LogP contribution in [-0.4, -0.2) is 13.6 Å². The number of aryl methyl sites for hydroxylation is 1. The highest BCUT2D eigenvalue weighted by Crippen LogP contribution is 2.20. The van der Waals surface area contributed by atoms with E-state index in [0.29, 0.717) is 22.0 Å². The van der Waals surface area contributed by atoms with Gasteiger partial charge in [0.2, 0.25) is 10.0 Å². The van der Waals surface area contributed by atoms with Gasteiger partial charge in [-0.15, -0.1) is 0 Å². The summed E-state index contributed by atoms with van der Waals surface area (Å²) >= 11 is 5.96. The fourth-order valence-corrected chi connectivity index (χ4v) is 2.95. The Balaban J connectivity index is 2.15. The van der Waals surface area contributed by atoms with Gasteiger partial charge in [-0.25, -0.2) is 13.1 Å². The number of nitrogens with two attached hydrogens (primary N) is 1. The van der Waals surface area contributed by atoms with Gasteiger partial charge >= 0.3 is 0 Å². The van der Waals surface area contributed by atoms with Gasteiger partial charge in [0.25, 0.3) is 0 Å². The molecule has 108 valence electrons. The monoisotopic (exact) mass is 315 g/mol. The van der Waals surface area contributed by atoms with Gasteiger partial charge in [-0.05, 0) is 24.6 Å². The molecule has 1 aromatic carbocycles. The lowest BCUT2D eigenvalue weighted by Gasteiger charge is -2.07. The van der Waals surface area contributed by atoms with Crippen molar-refractivity contribution in [1.82, 2.24) is 9.88 Å². The van der Waals surface area contributed by atoms with Gasteiger partial charge in [0.1, 0.15) is 0 Å². The molecule has 20 heavy (non-hydrogen) atoms. The summed E-state index contributed by atoms with van der Waals surface area (Å²) in [7, 11) is -3.66. The fraction of sp³-hybridized carbons (Fsp3) is 0.250. The number of benzene rings is 1. The van der Waals surface area contributed by atoms with Crippen molar-refractivity contribution in [3.63, 3.8) is 0 Å². The highest BCUT2D eigenvalue weighted by Gasteiger charge is 2.16. The first-order valence-corrected chi connectivity index (χ1v) is 7.69. The molecule has 0 saturated carbocycles. The first-order valence-electron chi connectivity index (χ1n) is 5.83. The second kappa shape index (κ2) is 5.92. The van der Waals surface area contributed by atoms with Crippen LogP contribution in [0.1, 0.15) is 17.0 Å². The van der Waals surface area contributed by atoms with Gasteiger partial charge in [-0.1, -0.05) is 22.8 Å². The summed E-state index contributed by atoms with van der Waals surface area (Å²) in [4.78, 5) is 0.0796. The lowest BCUT2D eigenvalue weighted by Crippen LogP contribution is -2.23. The predicted molar refractivity (Wildman–Crippen MR) is 74.6 cm³/mol. The number of halogens is 1. The summed E-state index contributed by atoms with van der Waals surface area (Å²) in [5.74, 6) is 0.441. The number of hydrogen-bond acceptors (Lipinski definition) is 5. The molecule has 3 N–H and O–H groups in total. The molecule has 2 aromatic rings. The van der Waals surface area contributed by atoms with Crippen molar-refractivity contribution >= 4 is 21.6 Å². The van der Waals surface area contributed by atoms with Crippen molar-refractivity contribution in [2.45, 2.75) is 24.9 Å². The van der Waals surface area contributed by atoms with Gasteiger partial charge in [0.05, 0.1) is 17.1 Å². The summed E-state index contributed by atoms with van der Waals surface area (Å²) < 4.78 is 31.6. The molecule has 8 heteroatoms. The second-order valence-electron chi connectivity index (χ2n) is 4.22. The van der Waals surface area contributed by atoms with Gasteiger partial charge in [0, 0.05) is 17.6 Å². The molecule has 0 unspecified atom stereocenters. The normalized spacial score (nSPS) is 11.8. The van der Waals surface area contributed by atoms with Gasteiger partial charge in [-0.3, -0.25) is 0 Å². The van der Waals surface area contributed by atoms with Gasteiger partial charge < -0.3 is 10.3 Å². The van der Waals surface area contributed by atoms with Crippen molar-refractivity contribution in [3.8, 4) is 0 Å². The lowest BCUT2D eigenvalue weighted by atomic mass is 10.2. The minimum Gasteiger partial charge on any atom is -0.360 e. The zero-order chi connectivity index (χ0) is 14.8. The summed E-state index contributed by atoms with van der Waals surface area (Å²) in [6.07, 6.45) is 0. The molecule has 0 amide bonds. The highest BCUT2D eigenvalue weighted by atomic mass is 35.5. The Morgan fingerprint density at radius 3 is 2.70 bits per heavy atom. The first kappa shape index (κ1) is 15.0. The lowest BCUT2D eigenvalue weighted by molar-refractivity contribution is 0.377. The Kier molecular flexibility index (Phi) is 4.44. The van der Waals surface area contributed by atoms with Crippen LogP contribution in [0.25, 0.3) is 0 Å². The zero-order valence-electron chi connectivity index (χ0n) is 10.8. The maximum atomic E-state index is 12.1. The van der Waals surface area contributed by atoms with Crippen molar-refractivity contribution in [2.24, 2.45) is 5.73 Å². The summed E-state index contributed by atoms with van der Waals surface area (Å²) in [5.41, 5.74) is 6.86. The van der Waals surface area contributed by atoms with E-state index in [0.717, 1.165) is 0 Å². The Hall–Kier alpha value is -1.41. The molecule has 0 atom stereocenters. The maximum absolute atomic E-state index is 12.1. The van der Waals surface area contributed by atoms with E-state index in [1.54, 1.807) is 19.1 Å². The molecule has 1 aromatic heterocycles. The smallest absolute Gasteiger partial charge is 0.241 e.